The quantitative estimate of drug-likeness (QED) is 0.521. The number of anilines is 1. The number of carbonyl (C=O) groups is 1. The Balaban J connectivity index is 1.78. The molecule has 0 atom stereocenters. The molecule has 0 N–H and O–H groups in total. The first-order valence-corrected chi connectivity index (χ1v) is 12.7. The second-order valence-corrected chi connectivity index (χ2v) is 10.2. The van der Waals surface area contributed by atoms with E-state index >= 15 is 0 Å². The Labute approximate surface area is 185 Å². The summed E-state index contributed by atoms with van der Waals surface area (Å²) in [4.78, 5) is 17.8. The number of rotatable bonds is 4. The summed E-state index contributed by atoms with van der Waals surface area (Å²) in [7, 11) is 0. The minimum absolute atomic E-state index is 0.288. The third-order valence-electron chi connectivity index (χ3n) is 7.17. The van der Waals surface area contributed by atoms with Crippen LogP contribution in [0.3, 0.4) is 0 Å². The molecule has 1 aromatic rings. The van der Waals surface area contributed by atoms with Gasteiger partial charge in [-0.3, -0.25) is 14.6 Å². The summed E-state index contributed by atoms with van der Waals surface area (Å²) in [5.41, 5.74) is 3.83. The molecule has 1 saturated carbocycles. The van der Waals surface area contributed by atoms with Crippen LogP contribution in [-0.4, -0.2) is 30.1 Å². The van der Waals surface area contributed by atoms with Crippen LogP contribution in [0.5, 0.6) is 0 Å². The summed E-state index contributed by atoms with van der Waals surface area (Å²) in [6, 6.07) is 7.17. The predicted molar refractivity (Wildman–Crippen MR) is 128 cm³/mol. The van der Waals surface area contributed by atoms with Gasteiger partial charge in [0.25, 0.3) is 0 Å². The zero-order valence-corrected chi connectivity index (χ0v) is 20.0. The lowest BCUT2D eigenvalue weighted by Gasteiger charge is -2.30. The fourth-order valence-corrected chi connectivity index (χ4v) is 5.34. The number of hydrogen-bond donors (Lipinski definition) is 0. The number of hydrogen-bond acceptors (Lipinski definition) is 2. The van der Waals surface area contributed by atoms with Gasteiger partial charge >= 0.3 is 0 Å². The first-order valence-electron chi connectivity index (χ1n) is 12.7. The molecule has 1 aliphatic carbocycles. The fourth-order valence-electron chi connectivity index (χ4n) is 5.34. The molecular weight excluding hydrogens is 368 g/mol. The molecule has 1 aliphatic heterocycles. The molecule has 0 aromatic heterocycles. The van der Waals surface area contributed by atoms with Crippen LogP contribution in [-0.2, 0) is 4.79 Å². The molecule has 0 bridgehead atoms. The molecule has 30 heavy (non-hydrogen) atoms. The van der Waals surface area contributed by atoms with Crippen LogP contribution < -0.4 is 4.90 Å². The summed E-state index contributed by atoms with van der Waals surface area (Å²) in [6.07, 6.45) is 14.9. The summed E-state index contributed by atoms with van der Waals surface area (Å²) in [5.74, 6) is 1.12. The Bertz CT molecular complexity index is 643. The van der Waals surface area contributed by atoms with Gasteiger partial charge in [0, 0.05) is 6.04 Å². The smallest absolute Gasteiger partial charge is 0.242 e. The zero-order chi connectivity index (χ0) is 21.5. The van der Waals surface area contributed by atoms with Gasteiger partial charge in [0.15, 0.2) is 0 Å². The van der Waals surface area contributed by atoms with Crippen molar-refractivity contribution in [1.29, 1.82) is 0 Å². The van der Waals surface area contributed by atoms with Gasteiger partial charge < -0.3 is 0 Å². The molecule has 2 fully saturated rings. The average molecular weight is 413 g/mol. The van der Waals surface area contributed by atoms with E-state index in [1.165, 1.54) is 87.4 Å². The van der Waals surface area contributed by atoms with Gasteiger partial charge in [0.05, 0.1) is 18.9 Å². The second kappa shape index (κ2) is 11.3. The lowest BCUT2D eigenvalue weighted by Crippen LogP contribution is -2.35. The van der Waals surface area contributed by atoms with Crippen molar-refractivity contribution in [3.63, 3.8) is 0 Å². The van der Waals surface area contributed by atoms with Crippen molar-refractivity contribution in [3.05, 3.63) is 29.3 Å². The molecule has 3 heteroatoms. The summed E-state index contributed by atoms with van der Waals surface area (Å²) in [6.45, 7) is 10.3. The molecule has 0 radical (unpaired) electrons. The van der Waals surface area contributed by atoms with Gasteiger partial charge in [-0.05, 0) is 35.8 Å². The average Bonchev–Trinajstić information content (AvgIpc) is 3.08. The number of benzene rings is 1. The molecule has 3 rings (SSSR count). The van der Waals surface area contributed by atoms with E-state index in [4.69, 9.17) is 0 Å². The molecule has 1 heterocycles. The van der Waals surface area contributed by atoms with Crippen molar-refractivity contribution in [2.75, 3.05) is 18.1 Å². The Morgan fingerprint density at radius 1 is 0.767 bits per heavy atom. The van der Waals surface area contributed by atoms with E-state index in [1.54, 1.807) is 0 Å². The highest BCUT2D eigenvalue weighted by Crippen LogP contribution is 2.37. The van der Waals surface area contributed by atoms with E-state index in [0.717, 1.165) is 6.67 Å². The van der Waals surface area contributed by atoms with Gasteiger partial charge in [0.2, 0.25) is 5.91 Å². The highest BCUT2D eigenvalue weighted by atomic mass is 16.2. The zero-order valence-electron chi connectivity index (χ0n) is 20.0. The van der Waals surface area contributed by atoms with Crippen molar-refractivity contribution in [1.82, 2.24) is 4.90 Å². The molecule has 168 valence electrons. The monoisotopic (exact) mass is 412 g/mol. The lowest BCUT2D eigenvalue weighted by molar-refractivity contribution is -0.116. The van der Waals surface area contributed by atoms with Crippen LogP contribution in [0.1, 0.15) is 121 Å². The van der Waals surface area contributed by atoms with Gasteiger partial charge in [-0.2, -0.15) is 0 Å². The van der Waals surface area contributed by atoms with Crippen LogP contribution in [0.25, 0.3) is 0 Å². The van der Waals surface area contributed by atoms with E-state index in [2.05, 4.69) is 55.7 Å². The van der Waals surface area contributed by atoms with Crippen LogP contribution in [0, 0.1) is 0 Å². The van der Waals surface area contributed by atoms with Crippen molar-refractivity contribution < 1.29 is 4.79 Å². The SMILES string of the molecule is CC(C)c1cccc(C(C)C)c1N1CN(C2CCCCCCCCCCC2)CC1=O. The van der Waals surface area contributed by atoms with E-state index in [9.17, 15) is 4.79 Å². The summed E-state index contributed by atoms with van der Waals surface area (Å²) >= 11 is 0. The van der Waals surface area contributed by atoms with Gasteiger partial charge in [-0.25, -0.2) is 0 Å². The van der Waals surface area contributed by atoms with E-state index < -0.39 is 0 Å². The first-order chi connectivity index (χ1) is 14.5. The van der Waals surface area contributed by atoms with Crippen LogP contribution >= 0.6 is 0 Å². The maximum absolute atomic E-state index is 13.2. The van der Waals surface area contributed by atoms with Crippen molar-refractivity contribution in [3.8, 4) is 0 Å². The van der Waals surface area contributed by atoms with E-state index in [-0.39, 0.29) is 5.91 Å². The van der Waals surface area contributed by atoms with Gasteiger partial charge in [0.1, 0.15) is 0 Å². The topological polar surface area (TPSA) is 23.6 Å². The first kappa shape index (κ1) is 23.3. The molecule has 1 aromatic carbocycles. The van der Waals surface area contributed by atoms with Crippen molar-refractivity contribution in [2.45, 2.75) is 116 Å². The third kappa shape index (κ3) is 5.87. The molecule has 2 aliphatic rings. The second-order valence-electron chi connectivity index (χ2n) is 10.2. The van der Waals surface area contributed by atoms with Crippen molar-refractivity contribution >= 4 is 11.6 Å². The third-order valence-corrected chi connectivity index (χ3v) is 7.17. The highest BCUT2D eigenvalue weighted by molar-refractivity contribution is 5.98. The Kier molecular flexibility index (Phi) is 8.80. The number of para-hydroxylation sites is 1. The van der Waals surface area contributed by atoms with Gasteiger partial charge in [-0.15, -0.1) is 0 Å². The minimum Gasteiger partial charge on any atom is -0.297 e. The van der Waals surface area contributed by atoms with E-state index in [0.29, 0.717) is 24.4 Å². The molecule has 1 amide bonds. The Morgan fingerprint density at radius 2 is 1.23 bits per heavy atom. The molecule has 3 nitrogen and oxygen atoms in total. The van der Waals surface area contributed by atoms with Crippen LogP contribution in [0.2, 0.25) is 0 Å². The number of carbonyl (C=O) groups excluding carboxylic acids is 1. The van der Waals surface area contributed by atoms with Crippen LogP contribution in [0.15, 0.2) is 18.2 Å². The maximum atomic E-state index is 13.2. The molecular formula is C27H44N2O. The lowest BCUT2D eigenvalue weighted by atomic mass is 9.92. The summed E-state index contributed by atoms with van der Waals surface area (Å²) in [5, 5.41) is 0. The van der Waals surface area contributed by atoms with Gasteiger partial charge in [-0.1, -0.05) is 104 Å². The van der Waals surface area contributed by atoms with Crippen molar-refractivity contribution in [2.24, 2.45) is 0 Å². The van der Waals surface area contributed by atoms with E-state index in [1.807, 2.05) is 0 Å². The fraction of sp³-hybridized carbons (Fsp3) is 0.741. The highest BCUT2D eigenvalue weighted by Gasteiger charge is 2.35. The Hall–Kier alpha value is -1.35. The Morgan fingerprint density at radius 3 is 1.70 bits per heavy atom. The molecule has 0 spiro atoms. The predicted octanol–water partition coefficient (Wildman–Crippen LogP) is 7.21. The number of amides is 1. The summed E-state index contributed by atoms with van der Waals surface area (Å²) < 4.78 is 0. The maximum Gasteiger partial charge on any atom is 0.242 e. The minimum atomic E-state index is 0.288. The van der Waals surface area contributed by atoms with Crippen LogP contribution in [0.4, 0.5) is 5.69 Å². The largest absolute Gasteiger partial charge is 0.297 e. The standard InChI is InChI=1S/C27H44N2O/c1-21(2)24-17-14-18-25(22(3)4)27(24)29-20-28(19-26(29)30)23-15-12-10-8-6-5-7-9-11-13-16-23/h14,17-18,21-23H,5-13,15-16,19-20H2,1-4H3. The molecule has 1 saturated heterocycles. The molecule has 0 unspecified atom stereocenters. The normalized spacial score (nSPS) is 21.3. The number of nitrogens with zero attached hydrogens (tertiary/aromatic N) is 2.